The number of piperazine rings is 1. The maximum atomic E-state index is 10.1. The number of rotatable bonds is 4. The van der Waals surface area contributed by atoms with Gasteiger partial charge in [0, 0.05) is 43.5 Å². The lowest BCUT2D eigenvalue weighted by atomic mass is 10.0. The summed E-state index contributed by atoms with van der Waals surface area (Å²) in [6.45, 7) is 10.4. The molecule has 0 aliphatic carbocycles. The summed E-state index contributed by atoms with van der Waals surface area (Å²) in [5.41, 5.74) is 2.00. The van der Waals surface area contributed by atoms with Crippen LogP contribution in [0.2, 0.25) is 0 Å². The second-order valence-corrected chi connectivity index (χ2v) is 5.69. The van der Waals surface area contributed by atoms with Gasteiger partial charge in [-0.3, -0.25) is 4.90 Å². The molecule has 112 valence electrons. The number of methoxy groups -OCH3 is 1. The van der Waals surface area contributed by atoms with Crippen molar-refractivity contribution in [1.29, 1.82) is 0 Å². The highest BCUT2D eigenvalue weighted by atomic mass is 16.5. The molecule has 20 heavy (non-hydrogen) atoms. The molecule has 1 saturated heterocycles. The largest absolute Gasteiger partial charge is 0.496 e. The third-order valence-electron chi connectivity index (χ3n) is 4.07. The molecule has 0 saturated carbocycles. The average molecular weight is 278 g/mol. The molecule has 1 heterocycles. The Hall–Kier alpha value is -1.26. The molecule has 2 rings (SSSR count). The van der Waals surface area contributed by atoms with Gasteiger partial charge in [0.1, 0.15) is 5.75 Å². The molecule has 1 aromatic rings. The number of benzene rings is 1. The van der Waals surface area contributed by atoms with Crippen LogP contribution in [-0.2, 0) is 0 Å². The van der Waals surface area contributed by atoms with Gasteiger partial charge in [-0.05, 0) is 32.9 Å². The van der Waals surface area contributed by atoms with Crippen molar-refractivity contribution in [3.8, 4) is 5.75 Å². The van der Waals surface area contributed by atoms with Gasteiger partial charge in [-0.15, -0.1) is 0 Å². The lowest BCUT2D eigenvalue weighted by Gasteiger charge is -2.39. The molecule has 1 aliphatic heterocycles. The highest BCUT2D eigenvalue weighted by molar-refractivity contribution is 5.60. The van der Waals surface area contributed by atoms with Crippen molar-refractivity contribution >= 4 is 5.69 Å². The number of aliphatic hydroxyl groups excluding tert-OH is 1. The van der Waals surface area contributed by atoms with Gasteiger partial charge in [-0.1, -0.05) is 6.07 Å². The van der Waals surface area contributed by atoms with Gasteiger partial charge >= 0.3 is 0 Å². The molecule has 0 bridgehead atoms. The van der Waals surface area contributed by atoms with Crippen LogP contribution in [0.3, 0.4) is 0 Å². The van der Waals surface area contributed by atoms with Crippen LogP contribution in [0, 0.1) is 0 Å². The Morgan fingerprint density at radius 2 is 1.75 bits per heavy atom. The minimum absolute atomic E-state index is 0.524. The predicted molar refractivity (Wildman–Crippen MR) is 82.5 cm³/mol. The lowest BCUT2D eigenvalue weighted by molar-refractivity contribution is 0.192. The molecule has 0 spiro atoms. The fraction of sp³-hybridized carbons (Fsp3) is 0.625. The van der Waals surface area contributed by atoms with Crippen LogP contribution in [0.4, 0.5) is 5.69 Å². The summed E-state index contributed by atoms with van der Waals surface area (Å²) in [4.78, 5) is 4.84. The minimum atomic E-state index is -0.524. The normalized spacial score (nSPS) is 18.4. The highest BCUT2D eigenvalue weighted by Crippen LogP contribution is 2.35. The second-order valence-electron chi connectivity index (χ2n) is 5.69. The summed E-state index contributed by atoms with van der Waals surface area (Å²) < 4.78 is 5.40. The number of hydrogen-bond donors (Lipinski definition) is 1. The van der Waals surface area contributed by atoms with Gasteiger partial charge in [0.25, 0.3) is 0 Å². The Labute approximate surface area is 122 Å². The topological polar surface area (TPSA) is 35.9 Å². The smallest absolute Gasteiger partial charge is 0.126 e. The standard InChI is InChI=1S/C16H26N2O2/c1-12(2)17-8-10-18(11-9-17)14-6-5-7-15(20-4)16(14)13(3)19/h5-7,12-13,19H,8-11H2,1-4H3/t13-/m0/s1. The molecule has 1 aromatic carbocycles. The van der Waals surface area contributed by atoms with E-state index in [0.717, 1.165) is 43.2 Å². The van der Waals surface area contributed by atoms with Gasteiger partial charge < -0.3 is 14.7 Å². The number of aliphatic hydroxyl groups is 1. The molecule has 1 atom stereocenters. The molecule has 0 unspecified atom stereocenters. The van der Waals surface area contributed by atoms with Crippen molar-refractivity contribution in [1.82, 2.24) is 4.90 Å². The SMILES string of the molecule is COc1cccc(N2CCN(C(C)C)CC2)c1[C@H](C)O. The van der Waals surface area contributed by atoms with Gasteiger partial charge in [0.2, 0.25) is 0 Å². The molecule has 1 fully saturated rings. The van der Waals surface area contributed by atoms with Gasteiger partial charge in [-0.25, -0.2) is 0 Å². The van der Waals surface area contributed by atoms with Crippen LogP contribution in [0.25, 0.3) is 0 Å². The van der Waals surface area contributed by atoms with E-state index in [0.29, 0.717) is 6.04 Å². The van der Waals surface area contributed by atoms with E-state index in [4.69, 9.17) is 4.74 Å². The van der Waals surface area contributed by atoms with Crippen LogP contribution >= 0.6 is 0 Å². The van der Waals surface area contributed by atoms with Gasteiger partial charge in [-0.2, -0.15) is 0 Å². The van der Waals surface area contributed by atoms with Crippen LogP contribution in [0.15, 0.2) is 18.2 Å². The first-order valence-electron chi connectivity index (χ1n) is 7.38. The maximum Gasteiger partial charge on any atom is 0.126 e. The van der Waals surface area contributed by atoms with Gasteiger partial charge in [0.05, 0.1) is 13.2 Å². The Kier molecular flexibility index (Phi) is 4.89. The van der Waals surface area contributed by atoms with Crippen LogP contribution in [-0.4, -0.2) is 49.3 Å². The first kappa shape index (κ1) is 15.1. The summed E-state index contributed by atoms with van der Waals surface area (Å²) >= 11 is 0. The van der Waals surface area contributed by atoms with E-state index in [1.807, 2.05) is 12.1 Å². The fourth-order valence-corrected chi connectivity index (χ4v) is 2.89. The number of anilines is 1. The zero-order chi connectivity index (χ0) is 14.7. The number of hydrogen-bond acceptors (Lipinski definition) is 4. The number of ether oxygens (including phenoxy) is 1. The molecule has 0 aromatic heterocycles. The Bertz CT molecular complexity index is 438. The third kappa shape index (κ3) is 3.07. The molecule has 4 heteroatoms. The fourth-order valence-electron chi connectivity index (χ4n) is 2.89. The van der Waals surface area contributed by atoms with Crippen LogP contribution in [0.5, 0.6) is 5.75 Å². The quantitative estimate of drug-likeness (QED) is 0.916. The monoisotopic (exact) mass is 278 g/mol. The molecule has 1 aliphatic rings. The average Bonchev–Trinajstić information content (AvgIpc) is 2.46. The summed E-state index contributed by atoms with van der Waals surface area (Å²) in [5.74, 6) is 0.767. The predicted octanol–water partition coefficient (Wildman–Crippen LogP) is 2.28. The molecule has 0 radical (unpaired) electrons. The van der Waals surface area contributed by atoms with Crippen molar-refractivity contribution in [2.24, 2.45) is 0 Å². The zero-order valence-electron chi connectivity index (χ0n) is 13.0. The molecular formula is C16H26N2O2. The third-order valence-corrected chi connectivity index (χ3v) is 4.07. The number of nitrogens with zero attached hydrogens (tertiary/aromatic N) is 2. The second kappa shape index (κ2) is 6.46. The Morgan fingerprint density at radius 1 is 1.10 bits per heavy atom. The van der Waals surface area contributed by atoms with E-state index < -0.39 is 6.10 Å². The molecular weight excluding hydrogens is 252 g/mol. The van der Waals surface area contributed by atoms with E-state index in [2.05, 4.69) is 29.7 Å². The Morgan fingerprint density at radius 3 is 2.25 bits per heavy atom. The van der Waals surface area contributed by atoms with Crippen LogP contribution in [0.1, 0.15) is 32.4 Å². The van der Waals surface area contributed by atoms with E-state index in [-0.39, 0.29) is 0 Å². The van der Waals surface area contributed by atoms with E-state index in [1.54, 1.807) is 14.0 Å². The zero-order valence-corrected chi connectivity index (χ0v) is 13.0. The highest BCUT2D eigenvalue weighted by Gasteiger charge is 2.23. The van der Waals surface area contributed by atoms with E-state index in [1.165, 1.54) is 0 Å². The van der Waals surface area contributed by atoms with Crippen molar-refractivity contribution in [3.05, 3.63) is 23.8 Å². The summed E-state index contributed by atoms with van der Waals surface area (Å²) in [6, 6.07) is 6.58. The lowest BCUT2D eigenvalue weighted by Crippen LogP contribution is -2.49. The maximum absolute atomic E-state index is 10.1. The Balaban J connectivity index is 2.21. The van der Waals surface area contributed by atoms with E-state index in [9.17, 15) is 5.11 Å². The van der Waals surface area contributed by atoms with Crippen molar-refractivity contribution in [3.63, 3.8) is 0 Å². The molecule has 1 N–H and O–H groups in total. The van der Waals surface area contributed by atoms with Gasteiger partial charge in [0.15, 0.2) is 0 Å². The van der Waals surface area contributed by atoms with Crippen molar-refractivity contribution in [2.75, 3.05) is 38.2 Å². The first-order chi connectivity index (χ1) is 9.54. The minimum Gasteiger partial charge on any atom is -0.496 e. The molecule has 4 nitrogen and oxygen atoms in total. The molecule has 0 amide bonds. The van der Waals surface area contributed by atoms with Crippen LogP contribution < -0.4 is 9.64 Å². The summed E-state index contributed by atoms with van der Waals surface area (Å²) in [7, 11) is 1.65. The van der Waals surface area contributed by atoms with Crippen molar-refractivity contribution < 1.29 is 9.84 Å². The summed E-state index contributed by atoms with van der Waals surface area (Å²) in [5, 5.41) is 10.1. The first-order valence-corrected chi connectivity index (χ1v) is 7.38. The van der Waals surface area contributed by atoms with Crippen molar-refractivity contribution in [2.45, 2.75) is 32.9 Å². The summed E-state index contributed by atoms with van der Waals surface area (Å²) in [6.07, 6.45) is -0.524. The van der Waals surface area contributed by atoms with E-state index >= 15 is 0 Å².